The Morgan fingerprint density at radius 3 is 2.35 bits per heavy atom. The van der Waals surface area contributed by atoms with Crippen molar-refractivity contribution in [2.75, 3.05) is 35.1 Å². The number of rotatable bonds is 3. The Labute approximate surface area is 157 Å². The number of ether oxygens (including phenoxy) is 1. The third-order valence-corrected chi connectivity index (χ3v) is 6.36. The molecule has 0 saturated carbocycles. The van der Waals surface area contributed by atoms with Gasteiger partial charge in [0, 0.05) is 24.8 Å². The van der Waals surface area contributed by atoms with Gasteiger partial charge >= 0.3 is 10.2 Å². The summed E-state index contributed by atoms with van der Waals surface area (Å²) in [5.74, 6) is -0.00518. The van der Waals surface area contributed by atoms with Gasteiger partial charge in [-0.05, 0) is 42.8 Å². The molecule has 0 unspecified atom stereocenters. The summed E-state index contributed by atoms with van der Waals surface area (Å²) in [7, 11) is 0.855. The van der Waals surface area contributed by atoms with Crippen LogP contribution < -0.4 is 18.7 Å². The first-order valence-electron chi connectivity index (χ1n) is 7.69. The van der Waals surface area contributed by atoms with Gasteiger partial charge in [-0.3, -0.25) is 13.4 Å². The van der Waals surface area contributed by atoms with E-state index in [-0.39, 0.29) is 5.56 Å². The lowest BCUT2D eigenvalue weighted by molar-refractivity contribution is 0.102. The molecule has 2 aromatic rings. The van der Waals surface area contributed by atoms with Crippen molar-refractivity contribution in [2.24, 2.45) is 0 Å². The standard InChI is InChI=1S/C17H18ClN3O4S/c1-10-7-14-15(21(3)26(23,24)20(14)2)9-13(10)19-17(22)12-8-11(18)5-6-16(12)25-4/h5-9H,1-4H3,(H,19,22). The largest absolute Gasteiger partial charge is 0.496 e. The molecule has 0 fully saturated rings. The van der Waals surface area contributed by atoms with Crippen molar-refractivity contribution in [2.45, 2.75) is 6.92 Å². The van der Waals surface area contributed by atoms with Gasteiger partial charge in [0.2, 0.25) is 0 Å². The van der Waals surface area contributed by atoms with Crippen molar-refractivity contribution in [3.63, 3.8) is 0 Å². The van der Waals surface area contributed by atoms with Gasteiger partial charge in [0.05, 0.1) is 24.0 Å². The van der Waals surface area contributed by atoms with Gasteiger partial charge in [0.1, 0.15) is 5.75 Å². The maximum absolute atomic E-state index is 12.7. The van der Waals surface area contributed by atoms with Gasteiger partial charge in [-0.2, -0.15) is 8.42 Å². The van der Waals surface area contributed by atoms with E-state index in [1.54, 1.807) is 31.2 Å². The van der Waals surface area contributed by atoms with E-state index in [0.717, 1.165) is 5.56 Å². The molecule has 1 amide bonds. The monoisotopic (exact) mass is 395 g/mol. The second kappa shape index (κ2) is 6.37. The van der Waals surface area contributed by atoms with Gasteiger partial charge in [0.25, 0.3) is 5.91 Å². The van der Waals surface area contributed by atoms with Crippen LogP contribution in [0.25, 0.3) is 0 Å². The van der Waals surface area contributed by atoms with E-state index in [4.69, 9.17) is 16.3 Å². The molecule has 9 heteroatoms. The van der Waals surface area contributed by atoms with Crippen LogP contribution in [0.1, 0.15) is 15.9 Å². The first-order valence-corrected chi connectivity index (χ1v) is 9.46. The minimum atomic E-state index is -3.58. The van der Waals surface area contributed by atoms with Crippen molar-refractivity contribution >= 4 is 44.8 Å². The topological polar surface area (TPSA) is 79.0 Å². The Bertz CT molecular complexity index is 1010. The zero-order chi connectivity index (χ0) is 19.2. The second-order valence-electron chi connectivity index (χ2n) is 5.90. The molecule has 7 nitrogen and oxygen atoms in total. The fourth-order valence-corrected chi connectivity index (χ4v) is 4.13. The van der Waals surface area contributed by atoms with Crippen LogP contribution in [0.3, 0.4) is 0 Å². The Kier molecular flexibility index (Phi) is 4.49. The summed E-state index contributed by atoms with van der Waals surface area (Å²) >= 11 is 5.98. The Hall–Kier alpha value is -2.45. The van der Waals surface area contributed by atoms with E-state index in [1.807, 2.05) is 0 Å². The molecule has 0 atom stereocenters. The highest BCUT2D eigenvalue weighted by Gasteiger charge is 2.36. The first-order chi connectivity index (χ1) is 12.2. The fourth-order valence-electron chi connectivity index (χ4n) is 2.80. The molecule has 1 aliphatic heterocycles. The molecule has 26 heavy (non-hydrogen) atoms. The SMILES string of the molecule is COc1ccc(Cl)cc1C(=O)Nc1cc2c(cc1C)N(C)S(=O)(=O)N2C. The van der Waals surface area contributed by atoms with Gasteiger partial charge in [0.15, 0.2) is 0 Å². The molecule has 0 aromatic heterocycles. The number of fused-ring (bicyclic) bond motifs is 1. The number of aryl methyl sites for hydroxylation is 1. The zero-order valence-corrected chi connectivity index (χ0v) is 16.3. The third kappa shape index (κ3) is 2.85. The average molecular weight is 396 g/mol. The zero-order valence-electron chi connectivity index (χ0n) is 14.7. The number of nitrogens with one attached hydrogen (secondary N) is 1. The molecule has 1 N–H and O–H groups in total. The predicted molar refractivity (Wildman–Crippen MR) is 103 cm³/mol. The molecule has 0 saturated heterocycles. The van der Waals surface area contributed by atoms with Crippen molar-refractivity contribution in [3.05, 3.63) is 46.5 Å². The number of hydrogen-bond donors (Lipinski definition) is 1. The highest BCUT2D eigenvalue weighted by Crippen LogP contribution is 2.42. The summed E-state index contributed by atoms with van der Waals surface area (Å²) < 4.78 is 32.1. The lowest BCUT2D eigenvalue weighted by Gasteiger charge is -2.14. The van der Waals surface area contributed by atoms with Crippen LogP contribution in [-0.4, -0.2) is 35.5 Å². The first kappa shape index (κ1) is 18.3. The van der Waals surface area contributed by atoms with Crippen LogP contribution in [0.2, 0.25) is 5.02 Å². The number of carbonyl (C=O) groups excluding carboxylic acids is 1. The number of amides is 1. The van der Waals surface area contributed by atoms with Crippen LogP contribution in [0.4, 0.5) is 17.1 Å². The summed E-state index contributed by atoms with van der Waals surface area (Å²) in [4.78, 5) is 12.7. The molecule has 138 valence electrons. The smallest absolute Gasteiger partial charge is 0.326 e. The van der Waals surface area contributed by atoms with Gasteiger partial charge in [-0.1, -0.05) is 11.6 Å². The van der Waals surface area contributed by atoms with E-state index in [2.05, 4.69) is 5.32 Å². The van der Waals surface area contributed by atoms with E-state index >= 15 is 0 Å². The van der Waals surface area contributed by atoms with Gasteiger partial charge < -0.3 is 10.1 Å². The maximum atomic E-state index is 12.7. The Morgan fingerprint density at radius 1 is 1.12 bits per heavy atom. The van der Waals surface area contributed by atoms with E-state index < -0.39 is 16.1 Å². The quantitative estimate of drug-likeness (QED) is 0.866. The maximum Gasteiger partial charge on any atom is 0.326 e. The van der Waals surface area contributed by atoms with E-state index in [9.17, 15) is 13.2 Å². The number of hydrogen-bond acceptors (Lipinski definition) is 4. The van der Waals surface area contributed by atoms with Crippen LogP contribution in [0.5, 0.6) is 5.75 Å². The molecular formula is C17H18ClN3O4S. The lowest BCUT2D eigenvalue weighted by atomic mass is 10.1. The van der Waals surface area contributed by atoms with Crippen molar-refractivity contribution in [1.82, 2.24) is 0 Å². The average Bonchev–Trinajstić information content (AvgIpc) is 2.76. The molecule has 0 spiro atoms. The molecule has 0 aliphatic carbocycles. The van der Waals surface area contributed by atoms with Crippen LogP contribution >= 0.6 is 11.6 Å². The number of anilines is 3. The van der Waals surface area contributed by atoms with E-state index in [1.165, 1.54) is 35.9 Å². The minimum absolute atomic E-state index is 0.290. The number of benzene rings is 2. The predicted octanol–water partition coefficient (Wildman–Crippen LogP) is 3.04. The molecule has 0 radical (unpaired) electrons. The van der Waals surface area contributed by atoms with Crippen LogP contribution in [0, 0.1) is 6.92 Å². The second-order valence-corrected chi connectivity index (χ2v) is 8.32. The summed E-state index contributed by atoms with van der Waals surface area (Å²) in [6.45, 7) is 1.80. The summed E-state index contributed by atoms with van der Waals surface area (Å²) in [6, 6.07) is 8.13. The van der Waals surface area contributed by atoms with Crippen molar-refractivity contribution in [3.8, 4) is 5.75 Å². The van der Waals surface area contributed by atoms with Crippen molar-refractivity contribution < 1.29 is 17.9 Å². The minimum Gasteiger partial charge on any atom is -0.496 e. The normalized spacial score (nSPS) is 15.0. The number of carbonyl (C=O) groups is 1. The molecule has 1 aliphatic rings. The van der Waals surface area contributed by atoms with Crippen LogP contribution in [0.15, 0.2) is 30.3 Å². The number of nitrogens with zero attached hydrogens (tertiary/aromatic N) is 2. The lowest BCUT2D eigenvalue weighted by Crippen LogP contribution is -2.32. The molecular weight excluding hydrogens is 378 g/mol. The van der Waals surface area contributed by atoms with Crippen molar-refractivity contribution in [1.29, 1.82) is 0 Å². The fraction of sp³-hybridized carbons (Fsp3) is 0.235. The highest BCUT2D eigenvalue weighted by atomic mass is 35.5. The number of methoxy groups -OCH3 is 1. The van der Waals surface area contributed by atoms with Gasteiger partial charge in [-0.25, -0.2) is 0 Å². The molecule has 2 aromatic carbocycles. The summed E-state index contributed by atoms with van der Waals surface area (Å²) in [6.07, 6.45) is 0. The summed E-state index contributed by atoms with van der Waals surface area (Å²) in [5.41, 5.74) is 2.58. The highest BCUT2D eigenvalue weighted by molar-refractivity contribution is 7.94. The van der Waals surface area contributed by atoms with Gasteiger partial charge in [-0.15, -0.1) is 0 Å². The molecule has 0 bridgehead atoms. The van der Waals surface area contributed by atoms with E-state index in [0.29, 0.717) is 27.8 Å². The number of halogens is 1. The Balaban J connectivity index is 1.99. The third-order valence-electron chi connectivity index (χ3n) is 4.35. The Morgan fingerprint density at radius 2 is 1.73 bits per heavy atom. The molecule has 3 rings (SSSR count). The van der Waals surface area contributed by atoms with Crippen LogP contribution in [-0.2, 0) is 10.2 Å². The summed E-state index contributed by atoms with van der Waals surface area (Å²) in [5, 5.41) is 3.21. The molecule has 1 heterocycles.